The van der Waals surface area contributed by atoms with Crippen molar-refractivity contribution < 1.29 is 4.79 Å². The number of amides is 1. The molecule has 2 heterocycles. The number of aromatic nitrogens is 2. The summed E-state index contributed by atoms with van der Waals surface area (Å²) in [5.41, 5.74) is 2.86. The monoisotopic (exact) mass is 376 g/mol. The fraction of sp³-hybridized carbons (Fsp3) is 0.318. The molecule has 3 aromatic rings. The summed E-state index contributed by atoms with van der Waals surface area (Å²) in [6, 6.07) is 15.4. The highest BCUT2D eigenvalue weighted by Gasteiger charge is 2.23. The Labute approximate surface area is 164 Å². The van der Waals surface area contributed by atoms with E-state index in [0.717, 1.165) is 25.1 Å². The topological polar surface area (TPSA) is 58.4 Å². The van der Waals surface area contributed by atoms with Crippen molar-refractivity contribution in [2.45, 2.75) is 19.4 Å². The van der Waals surface area contributed by atoms with E-state index in [-0.39, 0.29) is 18.0 Å². The van der Waals surface area contributed by atoms with Gasteiger partial charge in [-0.15, -0.1) is 0 Å². The number of nitrogens with zero attached hydrogens (tertiary/aromatic N) is 4. The number of aryl methyl sites for hydroxylation is 1. The summed E-state index contributed by atoms with van der Waals surface area (Å²) in [4.78, 5) is 33.9. The SMILES string of the molecule is CN(CC(=O)N1CCCc2ccccc21)Cc1nc2ccccc2c(=O)n1C. The van der Waals surface area contributed by atoms with Gasteiger partial charge in [0.05, 0.1) is 24.0 Å². The molecule has 4 rings (SSSR count). The molecule has 1 aliphatic rings. The number of likely N-dealkylation sites (N-methyl/N-ethyl adjacent to an activating group) is 1. The van der Waals surface area contributed by atoms with Crippen LogP contribution in [0.15, 0.2) is 53.3 Å². The summed E-state index contributed by atoms with van der Waals surface area (Å²) in [5.74, 6) is 0.721. The van der Waals surface area contributed by atoms with Crippen molar-refractivity contribution in [3.8, 4) is 0 Å². The van der Waals surface area contributed by atoms with Gasteiger partial charge in [0.1, 0.15) is 5.82 Å². The highest BCUT2D eigenvalue weighted by molar-refractivity contribution is 5.95. The van der Waals surface area contributed by atoms with Crippen molar-refractivity contribution in [1.29, 1.82) is 0 Å². The van der Waals surface area contributed by atoms with E-state index in [1.807, 2.05) is 53.2 Å². The van der Waals surface area contributed by atoms with Gasteiger partial charge in [0, 0.05) is 19.3 Å². The van der Waals surface area contributed by atoms with E-state index in [1.54, 1.807) is 17.7 Å². The molecule has 0 radical (unpaired) electrons. The molecule has 28 heavy (non-hydrogen) atoms. The van der Waals surface area contributed by atoms with Crippen LogP contribution in [-0.2, 0) is 24.8 Å². The Morgan fingerprint density at radius 1 is 1.14 bits per heavy atom. The number of benzene rings is 2. The Hall–Kier alpha value is -2.99. The third-order valence-corrected chi connectivity index (χ3v) is 5.30. The average Bonchev–Trinajstić information content (AvgIpc) is 2.71. The molecular weight excluding hydrogens is 352 g/mol. The van der Waals surface area contributed by atoms with E-state index >= 15 is 0 Å². The molecule has 6 nitrogen and oxygen atoms in total. The number of carbonyl (C=O) groups is 1. The smallest absolute Gasteiger partial charge is 0.261 e. The quantitative estimate of drug-likeness (QED) is 0.701. The van der Waals surface area contributed by atoms with E-state index < -0.39 is 0 Å². The maximum atomic E-state index is 12.9. The second-order valence-corrected chi connectivity index (χ2v) is 7.36. The van der Waals surface area contributed by atoms with Gasteiger partial charge in [-0.05, 0) is 43.7 Å². The number of anilines is 1. The summed E-state index contributed by atoms with van der Waals surface area (Å²) in [6.45, 7) is 1.45. The lowest BCUT2D eigenvalue weighted by atomic mass is 10.0. The fourth-order valence-electron chi connectivity index (χ4n) is 3.81. The van der Waals surface area contributed by atoms with E-state index in [4.69, 9.17) is 0 Å². The second-order valence-electron chi connectivity index (χ2n) is 7.36. The van der Waals surface area contributed by atoms with Crippen molar-refractivity contribution in [3.05, 3.63) is 70.3 Å². The lowest BCUT2D eigenvalue weighted by Crippen LogP contribution is -2.42. The highest BCUT2D eigenvalue weighted by Crippen LogP contribution is 2.26. The highest BCUT2D eigenvalue weighted by atomic mass is 16.2. The van der Waals surface area contributed by atoms with E-state index in [0.29, 0.717) is 23.3 Å². The number of carbonyl (C=O) groups excluding carboxylic acids is 1. The Bertz CT molecular complexity index is 1090. The molecule has 0 unspecified atom stereocenters. The zero-order valence-electron chi connectivity index (χ0n) is 16.3. The molecule has 1 aromatic heterocycles. The largest absolute Gasteiger partial charge is 0.311 e. The fourth-order valence-corrected chi connectivity index (χ4v) is 3.81. The minimum atomic E-state index is -0.0646. The van der Waals surface area contributed by atoms with Gasteiger partial charge >= 0.3 is 0 Å². The average molecular weight is 376 g/mol. The third-order valence-electron chi connectivity index (χ3n) is 5.30. The molecule has 0 N–H and O–H groups in total. The molecule has 0 aliphatic carbocycles. The van der Waals surface area contributed by atoms with E-state index in [1.165, 1.54) is 5.56 Å². The molecule has 6 heteroatoms. The predicted molar refractivity (Wildman–Crippen MR) is 110 cm³/mol. The van der Waals surface area contributed by atoms with Crippen LogP contribution in [0.5, 0.6) is 0 Å². The second kappa shape index (κ2) is 7.56. The zero-order valence-corrected chi connectivity index (χ0v) is 16.3. The van der Waals surface area contributed by atoms with Gasteiger partial charge in [0.2, 0.25) is 5.91 Å². The maximum absolute atomic E-state index is 12.9. The summed E-state index contributed by atoms with van der Waals surface area (Å²) in [6.07, 6.45) is 1.99. The van der Waals surface area contributed by atoms with Crippen LogP contribution >= 0.6 is 0 Å². The zero-order chi connectivity index (χ0) is 19.7. The van der Waals surface area contributed by atoms with Crippen molar-refractivity contribution in [1.82, 2.24) is 14.5 Å². The first-order chi connectivity index (χ1) is 13.5. The Morgan fingerprint density at radius 2 is 1.89 bits per heavy atom. The molecule has 0 saturated heterocycles. The van der Waals surface area contributed by atoms with Gasteiger partial charge in [0.25, 0.3) is 5.56 Å². The standard InChI is InChI=1S/C22H24N4O2/c1-24(14-20-23-18-11-5-4-10-17(18)22(28)25(20)2)15-21(27)26-13-7-9-16-8-3-6-12-19(16)26/h3-6,8,10-12H,7,9,13-15H2,1-2H3. The predicted octanol–water partition coefficient (Wildman–Crippen LogP) is 2.34. The van der Waals surface area contributed by atoms with Crippen LogP contribution in [0.3, 0.4) is 0 Å². The van der Waals surface area contributed by atoms with Crippen LogP contribution in [0.1, 0.15) is 17.8 Å². The Kier molecular flexibility index (Phi) is 4.96. The number of para-hydroxylation sites is 2. The summed E-state index contributed by atoms with van der Waals surface area (Å²) in [7, 11) is 3.61. The van der Waals surface area contributed by atoms with Crippen molar-refractivity contribution in [3.63, 3.8) is 0 Å². The molecular formula is C22H24N4O2. The van der Waals surface area contributed by atoms with Crippen LogP contribution in [0.2, 0.25) is 0 Å². The van der Waals surface area contributed by atoms with Crippen LogP contribution < -0.4 is 10.5 Å². The number of rotatable bonds is 4. The van der Waals surface area contributed by atoms with Crippen molar-refractivity contribution in [2.75, 3.05) is 25.0 Å². The first kappa shape index (κ1) is 18.4. The Morgan fingerprint density at radius 3 is 2.75 bits per heavy atom. The molecule has 1 aliphatic heterocycles. The molecule has 0 atom stereocenters. The lowest BCUT2D eigenvalue weighted by molar-refractivity contribution is -0.119. The first-order valence-electron chi connectivity index (χ1n) is 9.56. The normalized spacial score (nSPS) is 13.8. The van der Waals surface area contributed by atoms with Gasteiger partial charge in [-0.25, -0.2) is 4.98 Å². The Balaban J connectivity index is 1.52. The molecule has 0 spiro atoms. The van der Waals surface area contributed by atoms with Gasteiger partial charge < -0.3 is 4.90 Å². The van der Waals surface area contributed by atoms with E-state index in [9.17, 15) is 9.59 Å². The summed E-state index contributed by atoms with van der Waals surface area (Å²) >= 11 is 0. The van der Waals surface area contributed by atoms with Crippen LogP contribution in [0, 0.1) is 0 Å². The van der Waals surface area contributed by atoms with Crippen molar-refractivity contribution >= 4 is 22.5 Å². The maximum Gasteiger partial charge on any atom is 0.261 e. The van der Waals surface area contributed by atoms with E-state index in [2.05, 4.69) is 11.1 Å². The molecule has 0 saturated carbocycles. The third kappa shape index (κ3) is 3.43. The number of hydrogen-bond acceptors (Lipinski definition) is 4. The molecule has 1 amide bonds. The van der Waals surface area contributed by atoms with Gasteiger partial charge in [-0.1, -0.05) is 30.3 Å². The molecule has 144 valence electrons. The van der Waals surface area contributed by atoms with Gasteiger partial charge in [0.15, 0.2) is 0 Å². The van der Waals surface area contributed by atoms with Crippen LogP contribution in [0.25, 0.3) is 10.9 Å². The number of hydrogen-bond donors (Lipinski definition) is 0. The molecule has 0 fully saturated rings. The number of fused-ring (bicyclic) bond motifs is 2. The van der Waals surface area contributed by atoms with Crippen molar-refractivity contribution in [2.24, 2.45) is 7.05 Å². The van der Waals surface area contributed by atoms with Crippen LogP contribution in [-0.4, -0.2) is 40.5 Å². The van der Waals surface area contributed by atoms with Gasteiger partial charge in [-0.3, -0.25) is 19.1 Å². The summed E-state index contributed by atoms with van der Waals surface area (Å²) < 4.78 is 1.57. The summed E-state index contributed by atoms with van der Waals surface area (Å²) in [5, 5.41) is 0.609. The van der Waals surface area contributed by atoms with Crippen LogP contribution in [0.4, 0.5) is 5.69 Å². The molecule has 2 aromatic carbocycles. The minimum absolute atomic E-state index is 0.0646. The van der Waals surface area contributed by atoms with Gasteiger partial charge in [-0.2, -0.15) is 0 Å². The first-order valence-corrected chi connectivity index (χ1v) is 9.56. The molecule has 0 bridgehead atoms. The lowest BCUT2D eigenvalue weighted by Gasteiger charge is -2.31. The minimum Gasteiger partial charge on any atom is -0.311 e.